The maximum absolute atomic E-state index is 12.9. The molecule has 0 bridgehead atoms. The second-order valence-electron chi connectivity index (χ2n) is 6.84. The van der Waals surface area contributed by atoms with E-state index in [1.807, 2.05) is 54.6 Å². The number of carbonyl (C=O) groups is 1. The van der Waals surface area contributed by atoms with Crippen molar-refractivity contribution in [1.82, 2.24) is 9.78 Å². The fraction of sp³-hybridized carbons (Fsp3) is 0.238. The number of aryl methyl sites for hydroxylation is 3. The van der Waals surface area contributed by atoms with Gasteiger partial charge in [0, 0.05) is 22.6 Å². The summed E-state index contributed by atoms with van der Waals surface area (Å²) in [6.45, 7) is 6.08. The molecule has 0 radical (unpaired) electrons. The number of hydrogen-bond donors (Lipinski definition) is 1. The Morgan fingerprint density at radius 2 is 1.69 bits per heavy atom. The highest BCUT2D eigenvalue weighted by Crippen LogP contribution is 2.36. The van der Waals surface area contributed by atoms with Crippen molar-refractivity contribution in [2.75, 3.05) is 5.32 Å². The predicted octanol–water partition coefficient (Wildman–Crippen LogP) is 4.80. The Kier molecular flexibility index (Phi) is 4.32. The molecule has 2 heterocycles. The molecule has 0 spiro atoms. The summed E-state index contributed by atoms with van der Waals surface area (Å²) in [4.78, 5) is 12.9. The van der Waals surface area contributed by atoms with Gasteiger partial charge in [0.25, 0.3) is 5.91 Å². The first-order valence-corrected chi connectivity index (χ1v) is 9.82. The number of carbonyl (C=O) groups excluding carboxylic acids is 1. The van der Waals surface area contributed by atoms with Crippen LogP contribution in [0.1, 0.15) is 38.3 Å². The van der Waals surface area contributed by atoms with E-state index in [0.29, 0.717) is 5.56 Å². The molecule has 26 heavy (non-hydrogen) atoms. The number of benzene rings is 2. The molecule has 1 aliphatic rings. The highest BCUT2D eigenvalue weighted by Gasteiger charge is 2.25. The molecule has 0 saturated heterocycles. The number of hydrogen-bond acceptors (Lipinski definition) is 3. The van der Waals surface area contributed by atoms with Crippen LogP contribution in [-0.2, 0) is 11.5 Å². The molecule has 4 rings (SSSR count). The summed E-state index contributed by atoms with van der Waals surface area (Å²) in [6.07, 6.45) is 0. The molecule has 1 aromatic heterocycles. The summed E-state index contributed by atoms with van der Waals surface area (Å²) in [6, 6.07) is 14.1. The maximum atomic E-state index is 12.9. The van der Waals surface area contributed by atoms with E-state index >= 15 is 0 Å². The first kappa shape index (κ1) is 16.9. The van der Waals surface area contributed by atoms with E-state index in [2.05, 4.69) is 30.4 Å². The van der Waals surface area contributed by atoms with Gasteiger partial charge in [-0.2, -0.15) is 16.9 Å². The molecule has 4 nitrogen and oxygen atoms in total. The van der Waals surface area contributed by atoms with Crippen molar-refractivity contribution in [3.8, 4) is 5.69 Å². The lowest BCUT2D eigenvalue weighted by Gasteiger charge is -2.12. The summed E-state index contributed by atoms with van der Waals surface area (Å²) in [7, 11) is 0. The molecule has 1 aliphatic heterocycles. The number of thioether (sulfide) groups is 1. The van der Waals surface area contributed by atoms with Gasteiger partial charge in [0.1, 0.15) is 5.82 Å². The van der Waals surface area contributed by atoms with Crippen LogP contribution in [-0.4, -0.2) is 15.7 Å². The number of anilines is 1. The van der Waals surface area contributed by atoms with Crippen molar-refractivity contribution < 1.29 is 4.79 Å². The molecule has 5 heteroatoms. The van der Waals surface area contributed by atoms with Crippen molar-refractivity contribution in [1.29, 1.82) is 0 Å². The lowest BCUT2D eigenvalue weighted by atomic mass is 10.1. The van der Waals surface area contributed by atoms with Gasteiger partial charge in [-0.15, -0.1) is 0 Å². The zero-order chi connectivity index (χ0) is 18.3. The topological polar surface area (TPSA) is 46.9 Å². The summed E-state index contributed by atoms with van der Waals surface area (Å²) in [5.41, 5.74) is 7.21. The van der Waals surface area contributed by atoms with Gasteiger partial charge < -0.3 is 5.32 Å². The van der Waals surface area contributed by atoms with Crippen LogP contribution in [0.2, 0.25) is 0 Å². The third-order valence-electron chi connectivity index (χ3n) is 4.55. The second-order valence-corrected chi connectivity index (χ2v) is 7.83. The minimum Gasteiger partial charge on any atom is -0.306 e. The van der Waals surface area contributed by atoms with Gasteiger partial charge >= 0.3 is 0 Å². The van der Waals surface area contributed by atoms with E-state index in [0.717, 1.165) is 45.4 Å². The smallest absolute Gasteiger partial charge is 0.256 e. The molecule has 0 aliphatic carbocycles. The number of nitrogens with zero attached hydrogens (tertiary/aromatic N) is 2. The highest BCUT2D eigenvalue weighted by molar-refractivity contribution is 7.98. The van der Waals surface area contributed by atoms with E-state index in [9.17, 15) is 4.79 Å². The van der Waals surface area contributed by atoms with Crippen LogP contribution in [0.15, 0.2) is 42.5 Å². The van der Waals surface area contributed by atoms with Gasteiger partial charge in [0.2, 0.25) is 0 Å². The molecule has 1 N–H and O–H groups in total. The first-order valence-electron chi connectivity index (χ1n) is 8.66. The Bertz CT molecular complexity index is 969. The van der Waals surface area contributed by atoms with Gasteiger partial charge in [0.15, 0.2) is 0 Å². The van der Waals surface area contributed by atoms with Crippen molar-refractivity contribution in [3.05, 3.63) is 76.0 Å². The number of rotatable bonds is 3. The summed E-state index contributed by atoms with van der Waals surface area (Å²) >= 11 is 1.83. The second kappa shape index (κ2) is 6.65. The summed E-state index contributed by atoms with van der Waals surface area (Å²) < 4.78 is 1.87. The third-order valence-corrected chi connectivity index (χ3v) is 5.52. The Balaban J connectivity index is 1.73. The standard InChI is InChI=1S/C21H21N3OS/c1-13-4-6-17(7-5-13)24-20(18-11-26-12-19(18)23-24)22-21(25)16-9-14(2)8-15(3)10-16/h4-10H,11-12H2,1-3H3,(H,22,25). The van der Waals surface area contributed by atoms with Crippen LogP contribution >= 0.6 is 11.8 Å². The van der Waals surface area contributed by atoms with E-state index in [1.54, 1.807) is 0 Å². The zero-order valence-electron chi connectivity index (χ0n) is 15.2. The van der Waals surface area contributed by atoms with Crippen LogP contribution in [0, 0.1) is 20.8 Å². The van der Waals surface area contributed by atoms with Crippen LogP contribution < -0.4 is 5.32 Å². The van der Waals surface area contributed by atoms with Gasteiger partial charge in [0.05, 0.1) is 11.4 Å². The average Bonchev–Trinajstić information content (AvgIpc) is 3.17. The normalized spacial score (nSPS) is 12.9. The van der Waals surface area contributed by atoms with E-state index in [4.69, 9.17) is 5.10 Å². The molecule has 2 aromatic carbocycles. The Hall–Kier alpha value is -2.53. The monoisotopic (exact) mass is 363 g/mol. The zero-order valence-corrected chi connectivity index (χ0v) is 16.0. The molecule has 1 amide bonds. The largest absolute Gasteiger partial charge is 0.306 e. The average molecular weight is 363 g/mol. The Labute approximate surface area is 157 Å². The highest BCUT2D eigenvalue weighted by atomic mass is 32.2. The van der Waals surface area contributed by atoms with Crippen LogP contribution in [0.25, 0.3) is 5.69 Å². The van der Waals surface area contributed by atoms with Gasteiger partial charge in [-0.1, -0.05) is 34.9 Å². The molecule has 0 fully saturated rings. The van der Waals surface area contributed by atoms with Gasteiger partial charge in [-0.05, 0) is 45.0 Å². The quantitative estimate of drug-likeness (QED) is 0.727. The molecule has 132 valence electrons. The fourth-order valence-corrected chi connectivity index (χ4v) is 4.33. The number of aromatic nitrogens is 2. The van der Waals surface area contributed by atoms with E-state index in [-0.39, 0.29) is 5.91 Å². The minimum absolute atomic E-state index is 0.0928. The maximum Gasteiger partial charge on any atom is 0.256 e. The molecule has 3 aromatic rings. The summed E-state index contributed by atoms with van der Waals surface area (Å²) in [5.74, 6) is 2.47. The number of nitrogens with one attached hydrogen (secondary N) is 1. The minimum atomic E-state index is -0.0928. The molecular formula is C21H21N3OS. The lowest BCUT2D eigenvalue weighted by Crippen LogP contribution is -2.16. The summed E-state index contributed by atoms with van der Waals surface area (Å²) in [5, 5.41) is 7.88. The fourth-order valence-electron chi connectivity index (χ4n) is 3.30. The SMILES string of the molecule is Cc1ccc(-n2nc3c(c2NC(=O)c2cc(C)cc(C)c2)CSC3)cc1. The van der Waals surface area contributed by atoms with Gasteiger partial charge in [-0.25, -0.2) is 4.68 Å². The van der Waals surface area contributed by atoms with Crippen molar-refractivity contribution in [2.45, 2.75) is 32.3 Å². The molecule has 0 saturated carbocycles. The Morgan fingerprint density at radius 1 is 1.00 bits per heavy atom. The van der Waals surface area contributed by atoms with Crippen LogP contribution in [0.4, 0.5) is 5.82 Å². The number of amides is 1. The number of fused-ring (bicyclic) bond motifs is 1. The lowest BCUT2D eigenvalue weighted by molar-refractivity contribution is 0.102. The predicted molar refractivity (Wildman–Crippen MR) is 107 cm³/mol. The molecule has 0 atom stereocenters. The first-order chi connectivity index (χ1) is 12.5. The van der Waals surface area contributed by atoms with Crippen LogP contribution in [0.5, 0.6) is 0 Å². The van der Waals surface area contributed by atoms with E-state index < -0.39 is 0 Å². The van der Waals surface area contributed by atoms with E-state index in [1.165, 1.54) is 5.56 Å². The van der Waals surface area contributed by atoms with Crippen molar-refractivity contribution in [2.24, 2.45) is 0 Å². The van der Waals surface area contributed by atoms with Crippen molar-refractivity contribution >= 4 is 23.5 Å². The Morgan fingerprint density at radius 3 is 2.38 bits per heavy atom. The van der Waals surface area contributed by atoms with Crippen molar-refractivity contribution in [3.63, 3.8) is 0 Å². The van der Waals surface area contributed by atoms with Crippen LogP contribution in [0.3, 0.4) is 0 Å². The third kappa shape index (κ3) is 3.15. The molecule has 0 unspecified atom stereocenters. The van der Waals surface area contributed by atoms with Gasteiger partial charge in [-0.3, -0.25) is 4.79 Å². The molecular weight excluding hydrogens is 342 g/mol.